The predicted octanol–water partition coefficient (Wildman–Crippen LogP) is -1.18. The van der Waals surface area contributed by atoms with Crippen molar-refractivity contribution in [2.45, 2.75) is 40.5 Å². The van der Waals surface area contributed by atoms with Crippen LogP contribution in [0.15, 0.2) is 42.0 Å². The Kier molecular flexibility index (Phi) is 8.85. The maximum absolute atomic E-state index is 2.47. The Labute approximate surface area is 141 Å². The molecule has 0 saturated heterocycles. The molecule has 0 N–H and O–H groups in total. The van der Waals surface area contributed by atoms with Crippen molar-refractivity contribution < 1.29 is 48.0 Å². The Morgan fingerprint density at radius 1 is 0.842 bits per heavy atom. The summed E-state index contributed by atoms with van der Waals surface area (Å²) in [6, 6.07) is 0. The molecule has 0 aromatic rings. The molecule has 0 saturated carbocycles. The molecule has 0 aromatic heterocycles. The number of rotatable bonds is 4. The Morgan fingerprint density at radius 2 is 1.21 bits per heavy atom. The van der Waals surface area contributed by atoms with Gasteiger partial charge in [-0.2, -0.15) is 0 Å². The number of halogens is 2. The van der Waals surface area contributed by atoms with Crippen molar-refractivity contribution in [3.63, 3.8) is 0 Å². The van der Waals surface area contributed by atoms with Gasteiger partial charge >= 0.3 is 118 Å². The monoisotopic (exact) mass is 374 g/mol. The summed E-state index contributed by atoms with van der Waals surface area (Å²) in [5.41, 5.74) is 2.98. The second-order valence-corrected chi connectivity index (χ2v) is 8.63. The molecule has 2 aliphatic carbocycles. The molecule has 0 aliphatic heterocycles. The van der Waals surface area contributed by atoms with Crippen molar-refractivity contribution in [2.75, 3.05) is 0 Å². The summed E-state index contributed by atoms with van der Waals surface area (Å²) >= 11 is -0.507. The molecule has 2 rings (SSSR count). The number of hydrogen-bond donors (Lipinski definition) is 0. The average molecular weight is 376 g/mol. The van der Waals surface area contributed by atoms with Gasteiger partial charge in [-0.1, -0.05) is 0 Å². The third-order valence-corrected chi connectivity index (χ3v) is 7.61. The van der Waals surface area contributed by atoms with E-state index in [4.69, 9.17) is 0 Å². The van der Waals surface area contributed by atoms with E-state index in [1.807, 2.05) is 0 Å². The first-order chi connectivity index (χ1) is 8.13. The molecule has 2 atom stereocenters. The van der Waals surface area contributed by atoms with Crippen LogP contribution in [0.4, 0.5) is 0 Å². The van der Waals surface area contributed by atoms with Crippen LogP contribution in [0.3, 0.4) is 0 Å². The number of hydrogen-bond acceptors (Lipinski definition) is 0. The zero-order valence-electron chi connectivity index (χ0n) is 12.1. The molecule has 0 nitrogen and oxygen atoms in total. The van der Waals surface area contributed by atoms with E-state index in [1.165, 1.54) is 24.0 Å². The Hall–Kier alpha value is 0.423. The van der Waals surface area contributed by atoms with E-state index in [0.717, 1.165) is 11.8 Å². The molecule has 0 amide bonds. The third kappa shape index (κ3) is 4.73. The van der Waals surface area contributed by atoms with Crippen LogP contribution in [-0.2, 0) is 23.2 Å². The Bertz CT molecular complexity index is 390. The van der Waals surface area contributed by atoms with Crippen molar-refractivity contribution in [1.29, 1.82) is 0 Å². The normalized spacial score (nSPS) is 24.4. The van der Waals surface area contributed by atoms with Gasteiger partial charge in [-0.3, -0.25) is 0 Å². The van der Waals surface area contributed by atoms with Crippen LogP contribution in [0.5, 0.6) is 0 Å². The van der Waals surface area contributed by atoms with Crippen molar-refractivity contribution in [3.8, 4) is 0 Å². The molecule has 2 unspecified atom stereocenters. The first-order valence-electron chi connectivity index (χ1n) is 6.71. The van der Waals surface area contributed by atoms with Crippen LogP contribution >= 0.6 is 0 Å². The molecule has 2 aliphatic rings. The molecule has 19 heavy (non-hydrogen) atoms. The van der Waals surface area contributed by atoms with Crippen LogP contribution in [0, 0.1) is 11.8 Å². The fourth-order valence-electron chi connectivity index (χ4n) is 2.71. The second-order valence-electron chi connectivity index (χ2n) is 5.18. The van der Waals surface area contributed by atoms with Gasteiger partial charge in [0.15, 0.2) is 0 Å². The van der Waals surface area contributed by atoms with Crippen LogP contribution < -0.4 is 24.8 Å². The molecule has 0 fully saturated rings. The average Bonchev–Trinajstić information content (AvgIpc) is 2.82. The molecule has 0 radical (unpaired) electrons. The van der Waals surface area contributed by atoms with E-state index in [2.05, 4.69) is 52.0 Å². The summed E-state index contributed by atoms with van der Waals surface area (Å²) in [6.07, 6.45) is 12.4. The van der Waals surface area contributed by atoms with Crippen LogP contribution in [-0.4, -0.2) is 0 Å². The van der Waals surface area contributed by atoms with Gasteiger partial charge in [-0.25, -0.2) is 0 Å². The third-order valence-electron chi connectivity index (χ3n) is 3.66. The van der Waals surface area contributed by atoms with Gasteiger partial charge in [0.05, 0.1) is 0 Å². The molecule has 0 aromatic carbocycles. The number of allylic oxidation sites excluding steroid dienone is 8. The van der Waals surface area contributed by atoms with E-state index in [1.54, 1.807) is 6.56 Å². The Morgan fingerprint density at radius 3 is 1.53 bits per heavy atom. The zero-order chi connectivity index (χ0) is 12.4. The Balaban J connectivity index is 0.00000162. The van der Waals surface area contributed by atoms with E-state index >= 15 is 0 Å². The molecule has 3 heteroatoms. The van der Waals surface area contributed by atoms with Crippen LogP contribution in [0.1, 0.15) is 40.5 Å². The van der Waals surface area contributed by atoms with Crippen LogP contribution in [0.2, 0.25) is 0 Å². The minimum atomic E-state index is -0.507. The molecule has 0 heterocycles. The van der Waals surface area contributed by atoms with Gasteiger partial charge in [-0.05, 0) is 0 Å². The SMILES string of the molecule is CCC1C=C(C)C=[C]1[Zr+2][C]1=CC(C)=CC1CC.[Cl-].[Cl-]. The maximum atomic E-state index is 2.47. The van der Waals surface area contributed by atoms with E-state index in [9.17, 15) is 0 Å². The summed E-state index contributed by atoms with van der Waals surface area (Å²) < 4.78 is 3.59. The van der Waals surface area contributed by atoms with E-state index in [0.29, 0.717) is 0 Å². The summed E-state index contributed by atoms with van der Waals surface area (Å²) in [7, 11) is 0. The van der Waals surface area contributed by atoms with Crippen molar-refractivity contribution in [1.82, 2.24) is 0 Å². The summed E-state index contributed by atoms with van der Waals surface area (Å²) in [6.45, 7) is 9.13. The van der Waals surface area contributed by atoms with Gasteiger partial charge in [-0.15, -0.1) is 0 Å². The fourth-order valence-corrected chi connectivity index (χ4v) is 7.33. The first kappa shape index (κ1) is 19.4. The minimum Gasteiger partial charge on any atom is -1.00 e. The minimum absolute atomic E-state index is 0. The summed E-state index contributed by atoms with van der Waals surface area (Å²) in [5.74, 6) is 1.53. The molecule has 0 spiro atoms. The van der Waals surface area contributed by atoms with Crippen molar-refractivity contribution in [3.05, 3.63) is 42.0 Å². The van der Waals surface area contributed by atoms with Gasteiger partial charge in [0.1, 0.15) is 0 Å². The van der Waals surface area contributed by atoms with Crippen molar-refractivity contribution >= 4 is 0 Å². The van der Waals surface area contributed by atoms with E-state index < -0.39 is 23.2 Å². The fraction of sp³-hybridized carbons (Fsp3) is 0.500. The summed E-state index contributed by atoms with van der Waals surface area (Å²) in [5, 5.41) is 0. The molecular weight excluding hydrogens is 354 g/mol. The maximum Gasteiger partial charge on any atom is -1.00 e. The van der Waals surface area contributed by atoms with Crippen molar-refractivity contribution in [2.24, 2.45) is 11.8 Å². The predicted molar refractivity (Wildman–Crippen MR) is 71.2 cm³/mol. The largest absolute Gasteiger partial charge is 1.00 e. The van der Waals surface area contributed by atoms with Crippen LogP contribution in [0.25, 0.3) is 0 Å². The molecular formula is C16H22Cl2Zr. The molecule has 104 valence electrons. The van der Waals surface area contributed by atoms with Gasteiger partial charge in [0.2, 0.25) is 0 Å². The van der Waals surface area contributed by atoms with E-state index in [-0.39, 0.29) is 24.8 Å². The molecule has 0 bridgehead atoms. The second kappa shape index (κ2) is 8.65. The standard InChI is InChI=1S/2C8H11.2ClH.Zr/c2*1-3-8-5-4-7(2)6-8;;;/h2*4,6,8H,3H2,1-2H3;2*1H;/q;;;;+2/p-2. The summed E-state index contributed by atoms with van der Waals surface area (Å²) in [4.78, 5) is 0. The first-order valence-corrected chi connectivity index (χ1v) is 9.16. The van der Waals surface area contributed by atoms with Gasteiger partial charge in [0.25, 0.3) is 0 Å². The zero-order valence-corrected chi connectivity index (χ0v) is 16.1. The van der Waals surface area contributed by atoms with Gasteiger partial charge < -0.3 is 24.8 Å². The smallest absolute Gasteiger partial charge is 1.00 e. The van der Waals surface area contributed by atoms with Gasteiger partial charge in [0, 0.05) is 0 Å². The quantitative estimate of drug-likeness (QED) is 0.579. The topological polar surface area (TPSA) is 0 Å².